The van der Waals surface area contributed by atoms with E-state index in [4.69, 9.17) is 53.8 Å². The van der Waals surface area contributed by atoms with Crippen molar-refractivity contribution in [3.8, 4) is 17.2 Å². The number of nitrogens with two attached hydrogens (primary N) is 3. The number of nitrogens with one attached hydrogen (secondary N) is 3. The lowest BCUT2D eigenvalue weighted by Crippen LogP contribution is -2.37. The third-order valence-corrected chi connectivity index (χ3v) is 25.0. The molecule has 39 heteroatoms. The molecule has 0 amide bonds. The molecule has 3 aromatic carbocycles. The molecule has 0 aromatic heterocycles. The number of hydrogen-bond donors (Lipinski definition) is 9. The third kappa shape index (κ3) is 23.7. The molecule has 3 unspecified atom stereocenters. The molecule has 6 heterocycles. The zero-order valence-corrected chi connectivity index (χ0v) is 61.2. The van der Waals surface area contributed by atoms with E-state index in [0.717, 1.165) is 25.7 Å². The lowest BCUT2D eigenvalue weighted by atomic mass is 10.2. The van der Waals surface area contributed by atoms with Crippen molar-refractivity contribution in [2.24, 2.45) is 47.2 Å². The van der Waals surface area contributed by atoms with E-state index in [2.05, 4.69) is 69.7 Å². The number of nitrogens with zero attached hydrogens (tertiary/aromatic N) is 9. The predicted molar refractivity (Wildman–Crippen MR) is 387 cm³/mol. The molecule has 33 nitrogen and oxygen atoms in total. The molecule has 1 aliphatic carbocycles. The van der Waals surface area contributed by atoms with Crippen LogP contribution in [-0.4, -0.2) is 193 Å². The molecule has 12 N–H and O–H groups in total. The summed E-state index contributed by atoms with van der Waals surface area (Å²) in [5, 5.41) is 37.8. The maximum atomic E-state index is 13.7. The van der Waals surface area contributed by atoms with Gasteiger partial charge in [-0.1, -0.05) is 74.3 Å². The average Bonchev–Trinajstić information content (AvgIpc) is 1.74. The Hall–Kier alpha value is -7.11. The van der Waals surface area contributed by atoms with Crippen molar-refractivity contribution in [3.05, 3.63) is 128 Å². The number of ether oxygens (including phenoxy) is 3. The molecule has 550 valence electrons. The van der Waals surface area contributed by atoms with Gasteiger partial charge in [-0.3, -0.25) is 28.0 Å². The maximum absolute atomic E-state index is 13.7. The van der Waals surface area contributed by atoms with E-state index in [0.29, 0.717) is 54.0 Å². The summed E-state index contributed by atoms with van der Waals surface area (Å²) in [6, 6.07) is 22.7. The van der Waals surface area contributed by atoms with Crippen molar-refractivity contribution >= 4 is 113 Å². The Kier molecular flexibility index (Phi) is 29.4. The minimum absolute atomic E-state index is 0.0906. The van der Waals surface area contributed by atoms with Crippen LogP contribution in [0.1, 0.15) is 72.6 Å². The normalized spacial score (nSPS) is 26.0. The number of aliphatic hydroxyl groups excluding tert-OH is 3. The molecule has 1 saturated carbocycles. The Morgan fingerprint density at radius 2 is 0.842 bits per heavy atom. The quantitative estimate of drug-likeness (QED) is 0.0198. The molecule has 7 aliphatic rings. The van der Waals surface area contributed by atoms with E-state index in [1.807, 2.05) is 0 Å². The first-order valence-electron chi connectivity index (χ1n) is 32.0. The molecule has 3 aromatic rings. The second-order valence-corrected chi connectivity index (χ2v) is 32.5. The summed E-state index contributed by atoms with van der Waals surface area (Å²) in [5.74, 6) is 0.784. The fourth-order valence-corrected chi connectivity index (χ4v) is 19.5. The van der Waals surface area contributed by atoms with Gasteiger partial charge in [0.2, 0.25) is 17.9 Å². The van der Waals surface area contributed by atoms with Crippen molar-refractivity contribution in [2.75, 3.05) is 33.5 Å². The number of rotatable bonds is 29. The number of para-hydroxylation sites is 3. The van der Waals surface area contributed by atoms with Gasteiger partial charge in [0, 0.05) is 19.3 Å². The van der Waals surface area contributed by atoms with Crippen LogP contribution >= 0.6 is 58.5 Å². The Balaban J connectivity index is 0.000000193. The minimum atomic E-state index is -4.02. The standard InChI is InChI=1S/C23H32N5O6PS.C20H28N5O6PS.C19H26N5O6PS/c1-15(22(30)33-17-8-6-7-9-17)27-35(31,34-18-10-4-3-5-11-18)32-13-20-19(29)12-21(36-20)28-14-25-23(24)26-16(28)2;1-4-29-19(27)13(2)24-32(28,31-15-8-6-5-7-9-15)30-11-17-16(26)10-18(33-17)25-12-22-20(21)23-14(25)3;1-12(18(26)28-3)23-31(27,30-14-7-5-4-6-8-14)29-10-16-15(25)9-17(32-16)24-11-21-19(20)22-13(24)2/h3-5,10-11,14-15,17,19-21,29H,2,6-9,12-13H2,1H3,(H2,24,26)(H,27,31);5-9,12-13,16-18,26H,3-4,10-11H2,1-2H3,(H2,21,23)(H,24,28);4-8,11-12,15-17,25H,2,9-10H2,1,3H3,(H2,20,22)(H,23,27)/t15-,19+,20+,21+,35?;13-,16+,17+,18+,32?;12-,15+,16+,17+,31?/m000/s1. The number of carbonyl (C=O) groups is 3. The monoisotopic (exact) mass is 1520 g/mol. The van der Waals surface area contributed by atoms with E-state index in [1.54, 1.807) is 120 Å². The Morgan fingerprint density at radius 3 is 1.14 bits per heavy atom. The number of thioether (sulfide) groups is 3. The Labute approximate surface area is 598 Å². The van der Waals surface area contributed by atoms with Crippen molar-refractivity contribution in [3.63, 3.8) is 0 Å². The summed E-state index contributed by atoms with van der Waals surface area (Å²) in [6.45, 7) is 17.7. The molecule has 6 aliphatic heterocycles. The largest absolute Gasteiger partial charge is 0.468 e. The highest BCUT2D eigenvalue weighted by molar-refractivity contribution is 8.01. The average molecular weight is 1520 g/mol. The van der Waals surface area contributed by atoms with E-state index in [9.17, 15) is 43.4 Å². The molecule has 101 heavy (non-hydrogen) atoms. The van der Waals surface area contributed by atoms with Crippen LogP contribution in [0.15, 0.2) is 158 Å². The first kappa shape index (κ1) is 79.6. The summed E-state index contributed by atoms with van der Waals surface area (Å²) in [7, 11) is -10.8. The fraction of sp³-hybridized carbons (Fsp3) is 0.468. The summed E-state index contributed by atoms with van der Waals surface area (Å²) < 4.78 is 89.8. The zero-order valence-electron chi connectivity index (χ0n) is 56.1. The van der Waals surface area contributed by atoms with Crippen molar-refractivity contribution in [1.29, 1.82) is 0 Å². The van der Waals surface area contributed by atoms with E-state index in [-0.39, 0.29) is 66.5 Å². The molecular formula is C62H86N15O18P3S3. The second kappa shape index (κ2) is 37.4. The third-order valence-electron chi connectivity index (χ3n) is 15.4. The number of aliphatic imine (C=N–C) groups is 6. The van der Waals surface area contributed by atoms with Crippen LogP contribution in [0.25, 0.3) is 0 Å². The van der Waals surface area contributed by atoms with Gasteiger partial charge >= 0.3 is 41.1 Å². The Morgan fingerprint density at radius 1 is 0.535 bits per heavy atom. The lowest BCUT2D eigenvalue weighted by molar-refractivity contribution is -0.150. The number of hydrogen-bond acceptors (Lipinski definition) is 33. The molecule has 15 atom stereocenters. The second-order valence-electron chi connectivity index (χ2n) is 23.2. The van der Waals surface area contributed by atoms with Crippen LogP contribution in [0.2, 0.25) is 0 Å². The van der Waals surface area contributed by atoms with Crippen LogP contribution < -0.4 is 46.0 Å². The smallest absolute Gasteiger partial charge is 0.459 e. The van der Waals surface area contributed by atoms with Crippen molar-refractivity contribution < 1.29 is 84.8 Å². The van der Waals surface area contributed by atoms with Gasteiger partial charge in [-0.05, 0) is 89.8 Å². The van der Waals surface area contributed by atoms with Gasteiger partial charge in [0.25, 0.3) is 0 Å². The Bertz CT molecular complexity index is 3700. The summed E-state index contributed by atoms with van der Waals surface area (Å²) >= 11 is 4.22. The zero-order chi connectivity index (χ0) is 73.0. The molecular weight excluding hydrogens is 1430 g/mol. The van der Waals surface area contributed by atoms with Gasteiger partial charge in [0.15, 0.2) is 0 Å². The highest BCUT2D eigenvalue weighted by Crippen LogP contribution is 2.51. The first-order valence-corrected chi connectivity index (χ1v) is 39.4. The summed E-state index contributed by atoms with van der Waals surface area (Å²) in [4.78, 5) is 65.7. The minimum Gasteiger partial charge on any atom is -0.468 e. The van der Waals surface area contributed by atoms with Crippen LogP contribution in [0, 0.1) is 0 Å². The molecule has 0 bridgehead atoms. The van der Waals surface area contributed by atoms with Crippen LogP contribution in [-0.2, 0) is 55.9 Å². The number of aliphatic hydroxyl groups is 3. The number of benzene rings is 3. The molecule has 4 fully saturated rings. The maximum Gasteiger partial charge on any atom is 0.459 e. The highest BCUT2D eigenvalue weighted by Gasteiger charge is 2.45. The number of methoxy groups -OCH3 is 1. The topological polar surface area (TPSA) is 444 Å². The SMILES string of the molecule is C=C1N=C(N)N=CN1[C@H]1C[C@@H](O)[C@@H](COP(=O)(N[C@@H](C)C(=O)OC)Oc2ccccc2)S1.C=C1N=C(N)N=CN1[C@H]1C[C@@H](O)[C@@H](COP(=O)(N[C@@H](C)C(=O)OC2CCCC2)Oc2ccccc2)S1.C=C1N=C(N)N=CN1[C@H]1C[C@@H](O)[C@@H](COP(=O)(N[C@@H](C)C(=O)OCC)Oc2ccccc2)S1. The highest BCUT2D eigenvalue weighted by atomic mass is 32.2. The lowest BCUT2D eigenvalue weighted by Gasteiger charge is -2.27. The van der Waals surface area contributed by atoms with Gasteiger partial charge in [0.1, 0.15) is 78.0 Å². The summed E-state index contributed by atoms with van der Waals surface area (Å²) in [5.41, 5.74) is 16.8. The molecule has 0 radical (unpaired) electrons. The van der Waals surface area contributed by atoms with Crippen LogP contribution in [0.4, 0.5) is 0 Å². The van der Waals surface area contributed by atoms with Crippen molar-refractivity contribution in [2.45, 2.75) is 147 Å². The van der Waals surface area contributed by atoms with Gasteiger partial charge in [-0.15, -0.1) is 35.3 Å². The molecule has 3 saturated heterocycles. The number of esters is 3. The van der Waals surface area contributed by atoms with Crippen LogP contribution in [0.5, 0.6) is 17.2 Å². The molecule has 10 rings (SSSR count). The summed E-state index contributed by atoms with van der Waals surface area (Å²) in [6.07, 6.45) is 7.06. The number of carbonyl (C=O) groups excluding carboxylic acids is 3. The predicted octanol–water partition coefficient (Wildman–Crippen LogP) is 6.69. The van der Waals surface area contributed by atoms with Gasteiger partial charge in [0.05, 0.1) is 83.7 Å². The molecule has 0 spiro atoms. The first-order chi connectivity index (χ1) is 48.1. The van der Waals surface area contributed by atoms with Gasteiger partial charge in [-0.2, -0.15) is 30.2 Å². The fourth-order valence-electron chi connectivity index (χ4n) is 10.3. The van der Waals surface area contributed by atoms with E-state index in [1.165, 1.54) is 75.3 Å². The number of guanidine groups is 3. The van der Waals surface area contributed by atoms with Gasteiger partial charge < -0.3 is 75.0 Å². The van der Waals surface area contributed by atoms with E-state index < -0.39 is 93.3 Å². The van der Waals surface area contributed by atoms with Crippen molar-refractivity contribution in [1.82, 2.24) is 30.0 Å². The van der Waals surface area contributed by atoms with E-state index >= 15 is 0 Å². The van der Waals surface area contributed by atoms with Crippen LogP contribution in [0.3, 0.4) is 0 Å². The van der Waals surface area contributed by atoms with Gasteiger partial charge in [-0.25, -0.2) is 28.7 Å².